The molecule has 0 aromatic heterocycles. The molecule has 7 nitrogen and oxygen atoms in total. The maximum atomic E-state index is 12.5. The van der Waals surface area contributed by atoms with E-state index in [0.717, 1.165) is 25.7 Å². The number of hydrogen-bond acceptors (Lipinski definition) is 5. The van der Waals surface area contributed by atoms with E-state index in [9.17, 15) is 14.4 Å². The molecule has 4 rings (SSSR count). The van der Waals surface area contributed by atoms with Crippen LogP contribution in [0, 0.1) is 11.8 Å². The number of hydrogen-bond donors (Lipinski definition) is 1. The summed E-state index contributed by atoms with van der Waals surface area (Å²) < 4.78 is 10.9. The Balaban J connectivity index is 1.37. The van der Waals surface area contributed by atoms with Crippen molar-refractivity contribution in [1.29, 1.82) is 0 Å². The Morgan fingerprint density at radius 3 is 2.30 bits per heavy atom. The minimum Gasteiger partial charge on any atom is -0.486 e. The highest BCUT2D eigenvalue weighted by Crippen LogP contribution is 2.39. The number of ether oxygens (including phenoxy) is 2. The zero-order chi connectivity index (χ0) is 19.0. The quantitative estimate of drug-likeness (QED) is 0.796. The van der Waals surface area contributed by atoms with E-state index in [1.807, 2.05) is 0 Å². The number of amides is 3. The zero-order valence-electron chi connectivity index (χ0n) is 14.8. The number of likely N-dealkylation sites (tertiary alicyclic amines) is 1. The fraction of sp³-hybridized carbons (Fsp3) is 0.526. The van der Waals surface area contributed by atoms with E-state index in [1.54, 1.807) is 12.1 Å². The van der Waals surface area contributed by atoms with Gasteiger partial charge in [0, 0.05) is 25.1 Å². The van der Waals surface area contributed by atoms with Crippen molar-refractivity contribution in [1.82, 2.24) is 4.90 Å². The van der Waals surface area contributed by atoms with E-state index in [2.05, 4.69) is 5.32 Å². The van der Waals surface area contributed by atoms with Crippen LogP contribution in [-0.2, 0) is 14.4 Å². The van der Waals surface area contributed by atoms with Crippen molar-refractivity contribution < 1.29 is 23.9 Å². The molecule has 0 bridgehead atoms. The first-order valence-electron chi connectivity index (χ1n) is 9.29. The van der Waals surface area contributed by atoms with Gasteiger partial charge < -0.3 is 14.8 Å². The highest BCUT2D eigenvalue weighted by molar-refractivity contribution is 6.34. The van der Waals surface area contributed by atoms with Gasteiger partial charge in [0.1, 0.15) is 13.2 Å². The number of fused-ring (bicyclic) bond motifs is 2. The van der Waals surface area contributed by atoms with Crippen molar-refractivity contribution in [2.45, 2.75) is 32.1 Å². The van der Waals surface area contributed by atoms with Gasteiger partial charge in [-0.25, -0.2) is 0 Å². The van der Waals surface area contributed by atoms with Crippen LogP contribution in [0.25, 0.3) is 0 Å². The summed E-state index contributed by atoms with van der Waals surface area (Å²) in [6.07, 6.45) is 3.53. The number of rotatable bonds is 4. The van der Waals surface area contributed by atoms with Crippen LogP contribution in [0.3, 0.4) is 0 Å². The van der Waals surface area contributed by atoms with E-state index in [0.29, 0.717) is 35.4 Å². The second-order valence-electron chi connectivity index (χ2n) is 7.10. The molecular weight excluding hydrogens is 372 g/mol. The lowest BCUT2D eigenvalue weighted by molar-refractivity contribution is -0.140. The Hall–Kier alpha value is -2.28. The number of imide groups is 1. The van der Waals surface area contributed by atoms with Gasteiger partial charge in [-0.2, -0.15) is 0 Å². The third-order valence-corrected chi connectivity index (χ3v) is 5.71. The first-order chi connectivity index (χ1) is 13.0. The number of halogens is 1. The molecule has 1 aliphatic carbocycles. The molecule has 2 aliphatic heterocycles. The molecule has 2 heterocycles. The largest absolute Gasteiger partial charge is 0.486 e. The van der Waals surface area contributed by atoms with Crippen LogP contribution in [0.15, 0.2) is 12.1 Å². The monoisotopic (exact) mass is 392 g/mol. The van der Waals surface area contributed by atoms with Gasteiger partial charge >= 0.3 is 0 Å². The molecular formula is C19H21ClN2O5. The Bertz CT molecular complexity index is 773. The maximum Gasteiger partial charge on any atom is 0.233 e. The predicted molar refractivity (Wildman–Crippen MR) is 97.9 cm³/mol. The van der Waals surface area contributed by atoms with Crippen molar-refractivity contribution >= 4 is 35.0 Å². The molecule has 1 N–H and O–H groups in total. The van der Waals surface area contributed by atoms with Crippen molar-refractivity contribution in [3.63, 3.8) is 0 Å². The molecule has 27 heavy (non-hydrogen) atoms. The van der Waals surface area contributed by atoms with Gasteiger partial charge in [0.25, 0.3) is 0 Å². The van der Waals surface area contributed by atoms with Crippen LogP contribution in [0.5, 0.6) is 11.5 Å². The fourth-order valence-electron chi connectivity index (χ4n) is 4.04. The normalized spacial score (nSPS) is 24.0. The summed E-state index contributed by atoms with van der Waals surface area (Å²) in [6, 6.07) is 3.22. The Kier molecular flexibility index (Phi) is 4.95. The van der Waals surface area contributed by atoms with Crippen LogP contribution >= 0.6 is 11.6 Å². The van der Waals surface area contributed by atoms with E-state index >= 15 is 0 Å². The lowest BCUT2D eigenvalue weighted by atomic mass is 9.81. The summed E-state index contributed by atoms with van der Waals surface area (Å²) in [5, 5.41) is 3.06. The van der Waals surface area contributed by atoms with Gasteiger partial charge in [0.15, 0.2) is 11.5 Å². The first-order valence-corrected chi connectivity index (χ1v) is 9.66. The molecule has 144 valence electrons. The Morgan fingerprint density at radius 2 is 1.67 bits per heavy atom. The minimum absolute atomic E-state index is 0.0295. The number of nitrogens with zero attached hydrogens (tertiary/aromatic N) is 1. The Labute approximate surface area is 161 Å². The zero-order valence-corrected chi connectivity index (χ0v) is 15.6. The van der Waals surface area contributed by atoms with Crippen molar-refractivity contribution in [3.8, 4) is 11.5 Å². The molecule has 3 aliphatic rings. The van der Waals surface area contributed by atoms with E-state index < -0.39 is 0 Å². The summed E-state index contributed by atoms with van der Waals surface area (Å²) in [5.41, 5.74) is 0.415. The van der Waals surface area contributed by atoms with Gasteiger partial charge in [-0.05, 0) is 12.8 Å². The summed E-state index contributed by atoms with van der Waals surface area (Å²) in [6.45, 7) is 0.983. The number of carbonyl (C=O) groups is 3. The molecule has 0 radical (unpaired) electrons. The van der Waals surface area contributed by atoms with E-state index in [4.69, 9.17) is 21.1 Å². The van der Waals surface area contributed by atoms with Crippen LogP contribution in [0.1, 0.15) is 32.1 Å². The molecule has 1 aromatic rings. The van der Waals surface area contributed by atoms with Gasteiger partial charge in [0.2, 0.25) is 17.7 Å². The number of benzene rings is 1. The molecule has 3 amide bonds. The second kappa shape index (κ2) is 7.38. The van der Waals surface area contributed by atoms with Gasteiger partial charge in [-0.15, -0.1) is 0 Å². The topological polar surface area (TPSA) is 84.9 Å². The molecule has 0 spiro atoms. The third-order valence-electron chi connectivity index (χ3n) is 5.40. The van der Waals surface area contributed by atoms with Crippen molar-refractivity contribution in [2.75, 3.05) is 25.1 Å². The van der Waals surface area contributed by atoms with Gasteiger partial charge in [0.05, 0.1) is 22.5 Å². The molecule has 2 unspecified atom stereocenters. The SMILES string of the molecule is O=C(CCN1C(=O)C2CCCCC2C1=O)Nc1cc2c(cc1Cl)OCCO2. The molecule has 1 saturated heterocycles. The van der Waals surface area contributed by atoms with Crippen molar-refractivity contribution in [3.05, 3.63) is 17.2 Å². The smallest absolute Gasteiger partial charge is 0.233 e. The standard InChI is InChI=1S/C19H21ClN2O5/c20-13-9-15-16(27-8-7-26-15)10-14(13)21-17(23)5-6-22-18(24)11-3-1-2-4-12(11)19(22)25/h9-12H,1-8H2,(H,21,23). The average Bonchev–Trinajstić information content (AvgIpc) is 2.91. The highest BCUT2D eigenvalue weighted by Gasteiger charge is 2.47. The summed E-state index contributed by atoms with van der Waals surface area (Å²) in [4.78, 5) is 38.5. The summed E-state index contributed by atoms with van der Waals surface area (Å²) >= 11 is 6.19. The minimum atomic E-state index is -0.316. The average molecular weight is 393 g/mol. The lowest BCUT2D eigenvalue weighted by Gasteiger charge is -2.20. The fourth-order valence-corrected chi connectivity index (χ4v) is 4.24. The summed E-state index contributed by atoms with van der Waals surface area (Å²) in [7, 11) is 0. The summed E-state index contributed by atoms with van der Waals surface area (Å²) in [5.74, 6) is 0.104. The lowest BCUT2D eigenvalue weighted by Crippen LogP contribution is -2.34. The van der Waals surface area contributed by atoms with E-state index in [1.165, 1.54) is 4.90 Å². The molecule has 8 heteroatoms. The van der Waals surface area contributed by atoms with Crippen LogP contribution < -0.4 is 14.8 Å². The third kappa shape index (κ3) is 3.48. The second-order valence-corrected chi connectivity index (χ2v) is 7.51. The molecule has 1 aromatic carbocycles. The van der Waals surface area contributed by atoms with Crippen LogP contribution in [-0.4, -0.2) is 42.4 Å². The van der Waals surface area contributed by atoms with Gasteiger partial charge in [-0.1, -0.05) is 24.4 Å². The van der Waals surface area contributed by atoms with E-state index in [-0.39, 0.29) is 42.5 Å². The highest BCUT2D eigenvalue weighted by atomic mass is 35.5. The molecule has 2 atom stereocenters. The van der Waals surface area contributed by atoms with Crippen LogP contribution in [0.2, 0.25) is 5.02 Å². The Morgan fingerprint density at radius 1 is 1.07 bits per heavy atom. The van der Waals surface area contributed by atoms with Gasteiger partial charge in [-0.3, -0.25) is 19.3 Å². The number of nitrogens with one attached hydrogen (secondary N) is 1. The van der Waals surface area contributed by atoms with Crippen molar-refractivity contribution in [2.24, 2.45) is 11.8 Å². The predicted octanol–water partition coefficient (Wildman–Crippen LogP) is 2.62. The number of carbonyl (C=O) groups excluding carboxylic acids is 3. The number of anilines is 1. The van der Waals surface area contributed by atoms with Crippen LogP contribution in [0.4, 0.5) is 5.69 Å². The molecule has 1 saturated carbocycles. The maximum absolute atomic E-state index is 12.5. The molecule has 2 fully saturated rings. The first kappa shape index (κ1) is 18.1.